The third-order valence-corrected chi connectivity index (χ3v) is 5.71. The first-order valence-electron chi connectivity index (χ1n) is 12.8. The maximum atomic E-state index is 13.2. The van der Waals surface area contributed by atoms with Crippen LogP contribution < -0.4 is 10.1 Å². The fraction of sp³-hybridized carbons (Fsp3) is 0.414. The van der Waals surface area contributed by atoms with E-state index in [2.05, 4.69) is 16.9 Å². The molecule has 1 unspecified atom stereocenters. The SMILES string of the molecule is C=Cc1cc(C(=O)O)c(-c2ccc(C(=O)NCC3CC3)nc2C(=O)OC(C)OC(=O)C(C)C)cc1OC.CC. The lowest BCUT2D eigenvalue weighted by atomic mass is 9.95. The summed E-state index contributed by atoms with van der Waals surface area (Å²) < 4.78 is 15.8. The molecule has 1 aliphatic carbocycles. The minimum atomic E-state index is -1.26. The van der Waals surface area contributed by atoms with Crippen LogP contribution in [0.4, 0.5) is 0 Å². The van der Waals surface area contributed by atoms with Crippen molar-refractivity contribution in [1.82, 2.24) is 10.3 Å². The number of methoxy groups -OCH3 is 1. The summed E-state index contributed by atoms with van der Waals surface area (Å²) in [7, 11) is 1.41. The zero-order valence-electron chi connectivity index (χ0n) is 23.2. The number of hydrogen-bond donors (Lipinski definition) is 2. The van der Waals surface area contributed by atoms with E-state index in [0.29, 0.717) is 23.8 Å². The van der Waals surface area contributed by atoms with Crippen molar-refractivity contribution in [3.8, 4) is 16.9 Å². The van der Waals surface area contributed by atoms with Crippen LogP contribution in [0.1, 0.15) is 84.4 Å². The second-order valence-electron chi connectivity index (χ2n) is 8.96. The highest BCUT2D eigenvalue weighted by Crippen LogP contribution is 2.34. The number of nitrogens with zero attached hydrogens (tertiary/aromatic N) is 1. The van der Waals surface area contributed by atoms with Crippen molar-refractivity contribution >= 4 is 29.9 Å². The highest BCUT2D eigenvalue weighted by molar-refractivity contribution is 6.04. The van der Waals surface area contributed by atoms with Crippen molar-refractivity contribution < 1.29 is 38.5 Å². The molecule has 1 atom stereocenters. The molecule has 0 bridgehead atoms. The van der Waals surface area contributed by atoms with Crippen LogP contribution in [0.5, 0.6) is 5.75 Å². The highest BCUT2D eigenvalue weighted by atomic mass is 16.7. The lowest BCUT2D eigenvalue weighted by Gasteiger charge is -2.18. The van der Waals surface area contributed by atoms with Crippen LogP contribution in [-0.4, -0.2) is 53.9 Å². The average Bonchev–Trinajstić information content (AvgIpc) is 3.76. The molecule has 0 saturated heterocycles. The fourth-order valence-corrected chi connectivity index (χ4v) is 3.47. The van der Waals surface area contributed by atoms with E-state index in [4.69, 9.17) is 14.2 Å². The third-order valence-electron chi connectivity index (χ3n) is 5.71. The van der Waals surface area contributed by atoms with E-state index < -0.39 is 36.0 Å². The molecule has 1 aromatic carbocycles. The molecular weight excluding hydrogens is 504 g/mol. The molecule has 3 rings (SSSR count). The van der Waals surface area contributed by atoms with Crippen LogP contribution in [0.2, 0.25) is 0 Å². The number of pyridine rings is 1. The topological polar surface area (TPSA) is 141 Å². The minimum Gasteiger partial charge on any atom is -0.496 e. The Balaban J connectivity index is 0.00000260. The summed E-state index contributed by atoms with van der Waals surface area (Å²) in [5.74, 6) is -3.01. The molecular formula is C29H36N2O8. The lowest BCUT2D eigenvalue weighted by Crippen LogP contribution is -2.28. The Morgan fingerprint density at radius 1 is 1.10 bits per heavy atom. The van der Waals surface area contributed by atoms with Gasteiger partial charge >= 0.3 is 17.9 Å². The predicted octanol–water partition coefficient (Wildman–Crippen LogP) is 4.97. The smallest absolute Gasteiger partial charge is 0.360 e. The molecule has 10 heteroatoms. The maximum Gasteiger partial charge on any atom is 0.360 e. The molecule has 1 aromatic heterocycles. The van der Waals surface area contributed by atoms with Crippen molar-refractivity contribution in [2.75, 3.05) is 13.7 Å². The van der Waals surface area contributed by atoms with E-state index in [-0.39, 0.29) is 28.1 Å². The van der Waals surface area contributed by atoms with E-state index in [1.165, 1.54) is 44.4 Å². The predicted molar refractivity (Wildman–Crippen MR) is 145 cm³/mol. The normalized spacial score (nSPS) is 12.9. The van der Waals surface area contributed by atoms with Gasteiger partial charge in [0, 0.05) is 30.2 Å². The molecule has 1 amide bonds. The number of nitrogens with one attached hydrogen (secondary N) is 1. The molecule has 0 aliphatic heterocycles. The summed E-state index contributed by atoms with van der Waals surface area (Å²) in [5, 5.41) is 12.7. The van der Waals surface area contributed by atoms with Gasteiger partial charge in [-0.25, -0.2) is 14.6 Å². The van der Waals surface area contributed by atoms with Gasteiger partial charge in [0.25, 0.3) is 5.91 Å². The Labute approximate surface area is 228 Å². The van der Waals surface area contributed by atoms with E-state index in [1.54, 1.807) is 13.8 Å². The number of amides is 1. The van der Waals surface area contributed by atoms with Crippen molar-refractivity contribution in [2.24, 2.45) is 11.8 Å². The molecule has 210 valence electrons. The van der Waals surface area contributed by atoms with Crippen LogP contribution >= 0.6 is 0 Å². The van der Waals surface area contributed by atoms with Gasteiger partial charge in [0.15, 0.2) is 5.69 Å². The van der Waals surface area contributed by atoms with Gasteiger partial charge in [0.2, 0.25) is 6.29 Å². The van der Waals surface area contributed by atoms with Gasteiger partial charge in [0.1, 0.15) is 11.4 Å². The van der Waals surface area contributed by atoms with Gasteiger partial charge in [-0.2, -0.15) is 0 Å². The summed E-state index contributed by atoms with van der Waals surface area (Å²) in [6.07, 6.45) is 2.27. The van der Waals surface area contributed by atoms with Gasteiger partial charge < -0.3 is 24.6 Å². The number of ether oxygens (including phenoxy) is 3. The van der Waals surface area contributed by atoms with E-state index in [1.807, 2.05) is 13.8 Å². The summed E-state index contributed by atoms with van der Waals surface area (Å²) in [5.41, 5.74) is 0.142. The number of benzene rings is 1. The first-order chi connectivity index (χ1) is 18.5. The van der Waals surface area contributed by atoms with Crippen molar-refractivity contribution in [1.29, 1.82) is 0 Å². The zero-order chi connectivity index (χ0) is 29.3. The van der Waals surface area contributed by atoms with Crippen molar-refractivity contribution in [3.05, 3.63) is 53.4 Å². The average molecular weight is 541 g/mol. The first-order valence-corrected chi connectivity index (χ1v) is 12.8. The standard InChI is InChI=1S/C27H30N2O8.C2H6/c1-6-17-11-20(25(31)32)19(12-22(17)35-5)18-9-10-21(24(30)28-13-16-7-8-16)29-23(18)27(34)37-15(4)36-26(33)14(2)3;1-2/h6,9-12,14-16H,1,7-8,13H2,2-5H3,(H,28,30)(H,31,32);1-2H3. The zero-order valence-corrected chi connectivity index (χ0v) is 23.2. The Morgan fingerprint density at radius 2 is 1.77 bits per heavy atom. The first kappa shape index (κ1) is 31.0. The van der Waals surface area contributed by atoms with Gasteiger partial charge in [-0.15, -0.1) is 0 Å². The molecule has 0 radical (unpaired) electrons. The number of aromatic nitrogens is 1. The number of hydrogen-bond acceptors (Lipinski definition) is 8. The van der Waals surface area contributed by atoms with E-state index >= 15 is 0 Å². The second kappa shape index (κ2) is 14.1. The second-order valence-corrected chi connectivity index (χ2v) is 8.96. The van der Waals surface area contributed by atoms with Gasteiger partial charge in [-0.3, -0.25) is 9.59 Å². The Morgan fingerprint density at radius 3 is 2.31 bits per heavy atom. The molecule has 1 fully saturated rings. The van der Waals surface area contributed by atoms with Crippen LogP contribution in [0, 0.1) is 11.8 Å². The van der Waals surface area contributed by atoms with Gasteiger partial charge in [0.05, 0.1) is 18.6 Å². The number of carboxylic acid groups (broad SMARTS) is 1. The summed E-state index contributed by atoms with van der Waals surface area (Å²) >= 11 is 0. The fourth-order valence-electron chi connectivity index (χ4n) is 3.47. The van der Waals surface area contributed by atoms with E-state index in [0.717, 1.165) is 12.8 Å². The van der Waals surface area contributed by atoms with Crippen LogP contribution in [-0.2, 0) is 14.3 Å². The minimum absolute atomic E-state index is 0.0465. The van der Waals surface area contributed by atoms with Crippen molar-refractivity contribution in [3.63, 3.8) is 0 Å². The van der Waals surface area contributed by atoms with E-state index in [9.17, 15) is 24.3 Å². The molecule has 2 aromatic rings. The van der Waals surface area contributed by atoms with Crippen molar-refractivity contribution in [2.45, 2.75) is 53.8 Å². The number of carboxylic acids is 1. The summed E-state index contributed by atoms with van der Waals surface area (Å²) in [6, 6.07) is 5.64. The lowest BCUT2D eigenvalue weighted by molar-refractivity contribution is -0.169. The Hall–Kier alpha value is -4.21. The Kier molecular flexibility index (Phi) is 11.2. The number of carbonyl (C=O) groups is 4. The largest absolute Gasteiger partial charge is 0.496 e. The number of esters is 2. The molecule has 1 heterocycles. The van der Waals surface area contributed by atoms with Crippen LogP contribution in [0.25, 0.3) is 17.2 Å². The van der Waals surface area contributed by atoms with Crippen LogP contribution in [0.15, 0.2) is 30.8 Å². The third kappa shape index (κ3) is 8.13. The quantitative estimate of drug-likeness (QED) is 0.298. The molecule has 2 N–H and O–H groups in total. The molecule has 10 nitrogen and oxygen atoms in total. The molecule has 0 spiro atoms. The number of aromatic carboxylic acids is 1. The number of rotatable bonds is 11. The monoisotopic (exact) mass is 540 g/mol. The Bertz CT molecular complexity index is 1230. The maximum absolute atomic E-state index is 13.2. The number of carbonyl (C=O) groups excluding carboxylic acids is 3. The molecule has 1 saturated carbocycles. The highest BCUT2D eigenvalue weighted by Gasteiger charge is 2.27. The summed E-state index contributed by atoms with van der Waals surface area (Å²) in [6.45, 7) is 12.8. The van der Waals surface area contributed by atoms with Crippen LogP contribution in [0.3, 0.4) is 0 Å². The summed E-state index contributed by atoms with van der Waals surface area (Å²) in [4.78, 5) is 54.1. The molecule has 1 aliphatic rings. The van der Waals surface area contributed by atoms with Gasteiger partial charge in [-0.1, -0.05) is 40.3 Å². The van der Waals surface area contributed by atoms with Gasteiger partial charge in [-0.05, 0) is 43.0 Å². The molecule has 39 heavy (non-hydrogen) atoms.